The Morgan fingerprint density at radius 2 is 1.73 bits per heavy atom. The van der Waals surface area contributed by atoms with Crippen LogP contribution >= 0.6 is 0 Å². The average molecular weight is 441 g/mol. The molecule has 162 valence electrons. The molecule has 0 spiro atoms. The van der Waals surface area contributed by atoms with Crippen LogP contribution in [0.1, 0.15) is 16.8 Å². The number of halogens is 2. The molecule has 0 unspecified atom stereocenters. The van der Waals surface area contributed by atoms with Gasteiger partial charge in [-0.2, -0.15) is 4.31 Å². The summed E-state index contributed by atoms with van der Waals surface area (Å²) in [4.78, 5) is 11.7. The molecule has 0 aromatic heterocycles. The van der Waals surface area contributed by atoms with Gasteiger partial charge in [0.15, 0.2) is 0 Å². The van der Waals surface area contributed by atoms with Crippen molar-refractivity contribution in [2.45, 2.75) is 11.3 Å². The summed E-state index contributed by atoms with van der Waals surface area (Å²) in [5, 5.41) is 0. The average Bonchev–Trinajstić information content (AvgIpc) is 2.75. The zero-order valence-corrected chi connectivity index (χ0v) is 16.9. The van der Waals surface area contributed by atoms with Gasteiger partial charge in [0.05, 0.1) is 32.0 Å². The van der Waals surface area contributed by atoms with E-state index in [2.05, 4.69) is 0 Å². The van der Waals surface area contributed by atoms with Crippen LogP contribution in [0.3, 0.4) is 0 Å². The lowest BCUT2D eigenvalue weighted by molar-refractivity contribution is 0.0485. The number of nitrogens with zero attached hydrogens (tertiary/aromatic N) is 1. The summed E-state index contributed by atoms with van der Waals surface area (Å²) in [6.07, 6.45) is 0.364. The van der Waals surface area contributed by atoms with Gasteiger partial charge in [0.25, 0.3) is 0 Å². The molecule has 1 heterocycles. The van der Waals surface area contributed by atoms with Crippen LogP contribution in [0.2, 0.25) is 0 Å². The summed E-state index contributed by atoms with van der Waals surface area (Å²) in [6.45, 7) is 0.933. The van der Waals surface area contributed by atoms with Crippen LogP contribution in [0.5, 0.6) is 5.75 Å². The number of hydrogen-bond donors (Lipinski definition) is 0. The van der Waals surface area contributed by atoms with E-state index >= 15 is 0 Å². The van der Waals surface area contributed by atoms with E-state index in [1.165, 1.54) is 30.3 Å². The van der Waals surface area contributed by atoms with Gasteiger partial charge in [0.2, 0.25) is 10.0 Å². The molecule has 30 heavy (non-hydrogen) atoms. The van der Waals surface area contributed by atoms with Crippen LogP contribution in [0.15, 0.2) is 47.4 Å². The van der Waals surface area contributed by atoms with Crippen LogP contribution in [0, 0.1) is 11.6 Å². The Morgan fingerprint density at radius 3 is 2.43 bits per heavy atom. The maximum absolute atomic E-state index is 14.2. The minimum absolute atomic E-state index is 0.0168. The lowest BCUT2D eigenvalue weighted by Crippen LogP contribution is -2.41. The van der Waals surface area contributed by atoms with E-state index in [1.54, 1.807) is 0 Å². The number of carbonyl (C=O) groups excluding carboxylic acids is 1. The Balaban J connectivity index is 1.55. The molecule has 0 aliphatic carbocycles. The molecule has 1 saturated heterocycles. The molecule has 0 bridgehead atoms. The van der Waals surface area contributed by atoms with Crippen LogP contribution in [0.25, 0.3) is 0 Å². The second-order valence-electron chi connectivity index (χ2n) is 6.45. The minimum Gasteiger partial charge on any atom is -0.493 e. The number of rotatable bonds is 8. The van der Waals surface area contributed by atoms with Crippen molar-refractivity contribution in [3.63, 3.8) is 0 Å². The predicted molar refractivity (Wildman–Crippen MR) is 103 cm³/mol. The Hall–Kier alpha value is -2.56. The summed E-state index contributed by atoms with van der Waals surface area (Å²) >= 11 is 0. The second-order valence-corrected chi connectivity index (χ2v) is 8.36. The van der Waals surface area contributed by atoms with Crippen molar-refractivity contribution in [2.75, 3.05) is 39.5 Å². The normalized spacial score (nSPS) is 15.0. The third-order valence-electron chi connectivity index (χ3n) is 4.36. The first kappa shape index (κ1) is 22.1. The molecular weight excluding hydrogens is 420 g/mol. The number of benzene rings is 2. The van der Waals surface area contributed by atoms with E-state index in [4.69, 9.17) is 14.2 Å². The minimum atomic E-state index is -4.09. The van der Waals surface area contributed by atoms with Gasteiger partial charge in [-0.3, -0.25) is 0 Å². The van der Waals surface area contributed by atoms with Gasteiger partial charge in [-0.15, -0.1) is 0 Å². The molecule has 7 nitrogen and oxygen atoms in total. The van der Waals surface area contributed by atoms with Crippen molar-refractivity contribution in [3.05, 3.63) is 59.7 Å². The van der Waals surface area contributed by atoms with Crippen LogP contribution in [-0.2, 0) is 19.5 Å². The summed E-state index contributed by atoms with van der Waals surface area (Å²) < 4.78 is 69.1. The monoisotopic (exact) mass is 441 g/mol. The smallest absolute Gasteiger partial charge is 0.338 e. The van der Waals surface area contributed by atoms with Crippen LogP contribution in [0.4, 0.5) is 8.78 Å². The van der Waals surface area contributed by atoms with Gasteiger partial charge in [-0.1, -0.05) is 0 Å². The first-order valence-corrected chi connectivity index (χ1v) is 10.7. The van der Waals surface area contributed by atoms with Gasteiger partial charge in [-0.25, -0.2) is 22.0 Å². The fourth-order valence-corrected chi connectivity index (χ4v) is 4.28. The lowest BCUT2D eigenvalue weighted by Gasteiger charge is -2.26. The van der Waals surface area contributed by atoms with E-state index in [0.717, 1.165) is 16.4 Å². The molecule has 0 amide bonds. The zero-order chi connectivity index (χ0) is 21.6. The van der Waals surface area contributed by atoms with Crippen molar-refractivity contribution < 1.29 is 36.2 Å². The highest BCUT2D eigenvalue weighted by atomic mass is 32.2. The van der Waals surface area contributed by atoms with Crippen LogP contribution in [-0.4, -0.2) is 58.2 Å². The van der Waals surface area contributed by atoms with E-state index in [9.17, 15) is 22.0 Å². The summed E-state index contributed by atoms with van der Waals surface area (Å²) in [6, 6.07) is 8.59. The molecule has 0 saturated carbocycles. The predicted octanol–water partition coefficient (Wildman–Crippen LogP) is 2.61. The van der Waals surface area contributed by atoms with Gasteiger partial charge in [0.1, 0.15) is 22.3 Å². The van der Waals surface area contributed by atoms with Gasteiger partial charge in [-0.05, 0) is 42.5 Å². The second kappa shape index (κ2) is 9.96. The van der Waals surface area contributed by atoms with E-state index in [-0.39, 0.29) is 50.9 Å². The first-order valence-electron chi connectivity index (χ1n) is 9.31. The maximum Gasteiger partial charge on any atom is 0.338 e. The summed E-state index contributed by atoms with van der Waals surface area (Å²) in [7, 11) is -4.09. The number of ether oxygens (including phenoxy) is 3. The third kappa shape index (κ3) is 5.53. The highest BCUT2D eigenvalue weighted by Crippen LogP contribution is 2.22. The van der Waals surface area contributed by atoms with Gasteiger partial charge >= 0.3 is 5.97 Å². The van der Waals surface area contributed by atoms with E-state index < -0.39 is 26.7 Å². The van der Waals surface area contributed by atoms with Gasteiger partial charge < -0.3 is 14.2 Å². The standard InChI is InChI=1S/C20H21F2NO6S/c21-16-3-5-17(6-4-16)28-10-1-11-29-20(24)15-2-7-18(22)19(14-15)30(25,26)23-8-12-27-13-9-23/h2-7,14H,1,8-13H2. The Kier molecular flexibility index (Phi) is 7.35. The summed E-state index contributed by atoms with van der Waals surface area (Å²) in [5.41, 5.74) is -0.0670. The quantitative estimate of drug-likeness (QED) is 0.463. The van der Waals surface area contributed by atoms with Crippen molar-refractivity contribution >= 4 is 16.0 Å². The molecule has 1 aliphatic heterocycles. The highest BCUT2D eigenvalue weighted by Gasteiger charge is 2.30. The van der Waals surface area contributed by atoms with Crippen LogP contribution < -0.4 is 4.74 Å². The third-order valence-corrected chi connectivity index (χ3v) is 6.27. The van der Waals surface area contributed by atoms with Gasteiger partial charge in [0, 0.05) is 19.5 Å². The number of carbonyl (C=O) groups is 1. The number of hydrogen-bond acceptors (Lipinski definition) is 6. The van der Waals surface area contributed by atoms with Crippen molar-refractivity contribution in [2.24, 2.45) is 0 Å². The zero-order valence-electron chi connectivity index (χ0n) is 16.1. The number of sulfonamides is 1. The molecule has 3 rings (SSSR count). The van der Waals surface area contributed by atoms with E-state index in [0.29, 0.717) is 12.2 Å². The molecule has 10 heteroatoms. The SMILES string of the molecule is O=C(OCCCOc1ccc(F)cc1)c1ccc(F)c(S(=O)(=O)N2CCOCC2)c1. The lowest BCUT2D eigenvalue weighted by atomic mass is 10.2. The topological polar surface area (TPSA) is 82.1 Å². The number of esters is 1. The Labute approximate surface area is 173 Å². The molecule has 0 N–H and O–H groups in total. The maximum atomic E-state index is 14.2. The largest absolute Gasteiger partial charge is 0.493 e. The van der Waals surface area contributed by atoms with Crippen molar-refractivity contribution in [1.82, 2.24) is 4.31 Å². The Bertz CT molecular complexity index is 975. The fourth-order valence-electron chi connectivity index (χ4n) is 2.78. The first-order chi connectivity index (χ1) is 14.4. The molecule has 2 aromatic carbocycles. The fraction of sp³-hybridized carbons (Fsp3) is 0.350. The molecule has 2 aromatic rings. The molecule has 0 radical (unpaired) electrons. The molecule has 1 aliphatic rings. The molecule has 0 atom stereocenters. The molecule has 1 fully saturated rings. The van der Waals surface area contributed by atoms with Crippen molar-refractivity contribution in [3.8, 4) is 5.75 Å². The number of morpholine rings is 1. The van der Waals surface area contributed by atoms with E-state index in [1.807, 2.05) is 0 Å². The Morgan fingerprint density at radius 1 is 1.03 bits per heavy atom. The van der Waals surface area contributed by atoms with Crippen molar-refractivity contribution in [1.29, 1.82) is 0 Å². The summed E-state index contributed by atoms with van der Waals surface area (Å²) in [5.74, 6) is -1.59. The highest BCUT2D eigenvalue weighted by molar-refractivity contribution is 7.89. The molecular formula is C20H21F2NO6S.